The van der Waals surface area contributed by atoms with Crippen molar-refractivity contribution >= 4 is 6.29 Å². The Morgan fingerprint density at radius 3 is 2.23 bits per heavy atom. The van der Waals surface area contributed by atoms with E-state index in [9.17, 15) is 4.79 Å². The lowest BCUT2D eigenvalue weighted by molar-refractivity contribution is -0.381. The topological polar surface area (TPSA) is 108 Å². The summed E-state index contributed by atoms with van der Waals surface area (Å²) in [4.78, 5) is 13.3. The second kappa shape index (κ2) is 4.65. The smallest absolute Gasteiger partial charge is 0.324 e. The maximum Gasteiger partial charge on any atom is 0.390 e. The number of hydrogen-bond donors (Lipinski definition) is 3. The third-order valence-electron chi connectivity index (χ3n) is 0.922. The van der Waals surface area contributed by atoms with Gasteiger partial charge in [-0.3, -0.25) is 4.79 Å². The van der Waals surface area contributed by atoms with Gasteiger partial charge in [0.25, 0.3) is 0 Å². The molecule has 3 N–H and O–H groups in total. The van der Waals surface area contributed by atoms with Crippen LogP contribution in [0.25, 0.3) is 0 Å². The third-order valence-corrected chi connectivity index (χ3v) is 0.922. The summed E-state index contributed by atoms with van der Waals surface area (Å²) >= 11 is 0. The van der Waals surface area contributed by atoms with Crippen molar-refractivity contribution in [2.24, 2.45) is 0 Å². The van der Waals surface area contributed by atoms with Gasteiger partial charge in [0.15, 0.2) is 6.29 Å². The molecule has 0 fully saturated rings. The Kier molecular flexibility index (Phi) is 4.18. The van der Waals surface area contributed by atoms with Crippen LogP contribution >= 0.6 is 0 Å². The number of nitrogens with zero attached hydrogens (tertiary/aromatic N) is 3. The van der Waals surface area contributed by atoms with Gasteiger partial charge in [0.1, 0.15) is 6.33 Å². The van der Waals surface area contributed by atoms with Crippen molar-refractivity contribution in [2.45, 2.75) is 19.9 Å². The molecule has 0 bridgehead atoms. The zero-order valence-electron chi connectivity index (χ0n) is 7.25. The van der Waals surface area contributed by atoms with Crippen molar-refractivity contribution in [3.63, 3.8) is 0 Å². The highest BCUT2D eigenvalue weighted by Crippen LogP contribution is 1.99. The summed E-state index contributed by atoms with van der Waals surface area (Å²) in [6.07, 6.45) is -1.99. The third kappa shape index (κ3) is 3.28. The van der Waals surface area contributed by atoms with Crippen molar-refractivity contribution in [3.8, 4) is 0 Å². The first-order chi connectivity index (χ1) is 6.04. The number of aliphatic hydroxyl groups is 3. The van der Waals surface area contributed by atoms with Gasteiger partial charge >= 0.3 is 6.10 Å². The monoisotopic (exact) mass is 189 g/mol. The van der Waals surface area contributed by atoms with E-state index in [1.807, 2.05) is 13.8 Å². The second-order valence-electron chi connectivity index (χ2n) is 1.77. The summed E-state index contributed by atoms with van der Waals surface area (Å²) < 4.78 is 0.330. The van der Waals surface area contributed by atoms with Gasteiger partial charge in [-0.1, -0.05) is 13.8 Å². The summed E-state index contributed by atoms with van der Waals surface area (Å²) in [6, 6.07) is 0. The Morgan fingerprint density at radius 1 is 1.46 bits per heavy atom. The van der Waals surface area contributed by atoms with Crippen LogP contribution in [-0.4, -0.2) is 36.4 Å². The summed E-state index contributed by atoms with van der Waals surface area (Å²) in [6.45, 7) is 4.00. The van der Waals surface area contributed by atoms with Crippen molar-refractivity contribution < 1.29 is 20.1 Å². The molecule has 0 spiro atoms. The molecule has 1 aromatic heterocycles. The van der Waals surface area contributed by atoms with Crippen LogP contribution in [-0.2, 0) is 6.10 Å². The summed E-state index contributed by atoms with van der Waals surface area (Å²) in [5.41, 5.74) is 0. The molecule has 0 saturated heterocycles. The highest BCUT2D eigenvalue weighted by Gasteiger charge is 2.22. The van der Waals surface area contributed by atoms with Gasteiger partial charge in [0, 0.05) is 0 Å². The quantitative estimate of drug-likeness (QED) is 0.392. The lowest BCUT2D eigenvalue weighted by Crippen LogP contribution is -2.32. The fourth-order valence-corrected chi connectivity index (χ4v) is 0.474. The number of carbonyl (C=O) groups excluding carboxylic acids is 1. The normalized spacial score (nSPS) is 10.2. The van der Waals surface area contributed by atoms with Crippen LogP contribution in [0.4, 0.5) is 0 Å². The van der Waals surface area contributed by atoms with E-state index < -0.39 is 6.10 Å². The maximum absolute atomic E-state index is 9.96. The summed E-state index contributed by atoms with van der Waals surface area (Å²) in [7, 11) is 0. The first kappa shape index (κ1) is 11.7. The Hall–Kier alpha value is -1.31. The van der Waals surface area contributed by atoms with Crippen LogP contribution in [0.5, 0.6) is 0 Å². The van der Waals surface area contributed by atoms with Crippen molar-refractivity contribution in [3.05, 3.63) is 12.2 Å². The van der Waals surface area contributed by atoms with Crippen LogP contribution in [0.3, 0.4) is 0 Å². The molecule has 0 amide bonds. The van der Waals surface area contributed by atoms with Gasteiger partial charge in [0.05, 0.1) is 0 Å². The maximum atomic E-state index is 9.96. The molecule has 0 aliphatic heterocycles. The number of hydrogen-bond acceptors (Lipinski definition) is 6. The first-order valence-electron chi connectivity index (χ1n) is 3.58. The number of aromatic nitrogens is 3. The predicted molar refractivity (Wildman–Crippen MR) is 41.4 cm³/mol. The minimum Gasteiger partial charge on any atom is -0.324 e. The van der Waals surface area contributed by atoms with E-state index in [1.54, 1.807) is 0 Å². The standard InChI is InChI=1S/C4H5N3O4.C2H6/c8-1-3-5-2-7(6-3)4(9,10)11;1-2/h1-2,9-11H;1-2H3. The Bertz CT molecular complexity index is 265. The highest BCUT2D eigenvalue weighted by atomic mass is 16.7. The molecule has 13 heavy (non-hydrogen) atoms. The van der Waals surface area contributed by atoms with Crippen LogP contribution in [0.1, 0.15) is 24.5 Å². The van der Waals surface area contributed by atoms with Crippen molar-refractivity contribution in [2.75, 3.05) is 0 Å². The fraction of sp³-hybridized carbons (Fsp3) is 0.500. The van der Waals surface area contributed by atoms with E-state index in [-0.39, 0.29) is 5.82 Å². The number of carbonyl (C=O) groups is 1. The first-order valence-corrected chi connectivity index (χ1v) is 3.58. The van der Waals surface area contributed by atoms with Gasteiger partial charge in [-0.2, -0.15) is 4.68 Å². The highest BCUT2D eigenvalue weighted by molar-refractivity contribution is 5.68. The van der Waals surface area contributed by atoms with Gasteiger partial charge < -0.3 is 15.3 Å². The van der Waals surface area contributed by atoms with Gasteiger partial charge in [-0.05, 0) is 0 Å². The molecular weight excluding hydrogens is 178 g/mol. The molecule has 1 aromatic rings. The molecular formula is C6H11N3O4. The van der Waals surface area contributed by atoms with E-state index >= 15 is 0 Å². The second-order valence-corrected chi connectivity index (χ2v) is 1.77. The van der Waals surface area contributed by atoms with Gasteiger partial charge in [-0.25, -0.2) is 4.98 Å². The Balaban J connectivity index is 0.000000671. The van der Waals surface area contributed by atoms with E-state index in [4.69, 9.17) is 15.3 Å². The van der Waals surface area contributed by atoms with Crippen LogP contribution < -0.4 is 0 Å². The average molecular weight is 189 g/mol. The SMILES string of the molecule is CC.O=Cc1ncn(C(O)(O)O)n1. The van der Waals surface area contributed by atoms with Crippen LogP contribution in [0, 0.1) is 0 Å². The van der Waals surface area contributed by atoms with E-state index in [0.717, 1.165) is 6.33 Å². The molecule has 7 heteroatoms. The molecule has 0 saturated carbocycles. The summed E-state index contributed by atoms with van der Waals surface area (Å²) in [5, 5.41) is 28.5. The molecule has 74 valence electrons. The fourth-order valence-electron chi connectivity index (χ4n) is 0.474. The molecule has 7 nitrogen and oxygen atoms in total. The Morgan fingerprint density at radius 2 is 2.00 bits per heavy atom. The largest absolute Gasteiger partial charge is 0.390 e. The minimum absolute atomic E-state index is 0.244. The van der Waals surface area contributed by atoms with E-state index in [1.165, 1.54) is 0 Å². The molecule has 0 aromatic carbocycles. The minimum atomic E-state index is -3.10. The van der Waals surface area contributed by atoms with Gasteiger partial charge in [-0.15, -0.1) is 5.10 Å². The van der Waals surface area contributed by atoms with E-state index in [2.05, 4.69) is 10.1 Å². The molecule has 0 aliphatic rings. The molecule has 0 radical (unpaired) electrons. The average Bonchev–Trinajstić information content (AvgIpc) is 2.54. The predicted octanol–water partition coefficient (Wildman–Crippen LogP) is -1.34. The zero-order valence-corrected chi connectivity index (χ0v) is 7.25. The molecule has 1 heterocycles. The number of rotatable bonds is 2. The van der Waals surface area contributed by atoms with Crippen LogP contribution in [0.2, 0.25) is 0 Å². The van der Waals surface area contributed by atoms with Gasteiger partial charge in [0.2, 0.25) is 5.82 Å². The van der Waals surface area contributed by atoms with Crippen molar-refractivity contribution in [1.82, 2.24) is 14.8 Å². The molecule has 0 aliphatic carbocycles. The molecule has 1 rings (SSSR count). The molecule has 0 unspecified atom stereocenters. The number of aldehydes is 1. The summed E-state index contributed by atoms with van der Waals surface area (Å²) in [5.74, 6) is -0.244. The Labute approximate surface area is 74.3 Å². The zero-order chi connectivity index (χ0) is 10.5. The van der Waals surface area contributed by atoms with E-state index in [0.29, 0.717) is 11.0 Å². The van der Waals surface area contributed by atoms with Crippen LogP contribution in [0.15, 0.2) is 6.33 Å². The van der Waals surface area contributed by atoms with Crippen molar-refractivity contribution in [1.29, 1.82) is 0 Å². The lowest BCUT2D eigenvalue weighted by atomic mass is 10.7. The lowest BCUT2D eigenvalue weighted by Gasteiger charge is -2.11. The molecule has 0 atom stereocenters.